The zero-order chi connectivity index (χ0) is 14.3. The molecule has 0 spiro atoms. The first-order valence-corrected chi connectivity index (χ1v) is 6.62. The van der Waals surface area contributed by atoms with E-state index in [0.717, 1.165) is 38.8 Å². The number of nitrogens with two attached hydrogens (primary N) is 1. The Morgan fingerprint density at radius 1 is 1.32 bits per heavy atom. The normalized spacial score (nSPS) is 10.4. The van der Waals surface area contributed by atoms with Gasteiger partial charge in [0.2, 0.25) is 11.8 Å². The molecule has 0 amide bonds. The molecule has 1 rings (SSSR count). The molecule has 0 bridgehead atoms. The molecule has 0 aliphatic heterocycles. The fourth-order valence-electron chi connectivity index (χ4n) is 1.76. The summed E-state index contributed by atoms with van der Waals surface area (Å²) in [6.45, 7) is 5.66. The summed E-state index contributed by atoms with van der Waals surface area (Å²) in [5.74, 6) is 0.401. The van der Waals surface area contributed by atoms with Crippen molar-refractivity contribution in [2.24, 2.45) is 0 Å². The van der Waals surface area contributed by atoms with E-state index in [9.17, 15) is 10.1 Å². The fourth-order valence-corrected chi connectivity index (χ4v) is 1.76. The second kappa shape index (κ2) is 7.50. The summed E-state index contributed by atoms with van der Waals surface area (Å²) in [5.41, 5.74) is 5.47. The Morgan fingerprint density at radius 2 is 1.89 bits per heavy atom. The number of nitrogens with zero attached hydrogens (tertiary/aromatic N) is 4. The molecule has 7 heteroatoms. The molecule has 0 radical (unpaired) electrons. The van der Waals surface area contributed by atoms with Crippen molar-refractivity contribution in [3.05, 3.63) is 16.3 Å². The second-order valence-corrected chi connectivity index (χ2v) is 4.39. The Hall–Kier alpha value is -1.92. The summed E-state index contributed by atoms with van der Waals surface area (Å²) in [4.78, 5) is 20.3. The zero-order valence-electron chi connectivity index (χ0n) is 11.5. The van der Waals surface area contributed by atoms with E-state index >= 15 is 0 Å². The number of nitro groups is 1. The second-order valence-electron chi connectivity index (χ2n) is 4.39. The minimum Gasteiger partial charge on any atom is -0.368 e. The lowest BCUT2D eigenvalue weighted by atomic mass is 10.2. The molecule has 0 atom stereocenters. The summed E-state index contributed by atoms with van der Waals surface area (Å²) in [6.07, 6.45) is 5.16. The Bertz CT molecular complexity index is 417. The van der Waals surface area contributed by atoms with Gasteiger partial charge in [-0.25, -0.2) is 4.98 Å². The van der Waals surface area contributed by atoms with Gasteiger partial charge in [-0.05, 0) is 12.8 Å². The molecule has 106 valence electrons. The molecule has 0 aliphatic carbocycles. The number of aromatic nitrogens is 2. The van der Waals surface area contributed by atoms with Crippen LogP contribution in [0.1, 0.15) is 39.5 Å². The molecule has 7 nitrogen and oxygen atoms in total. The van der Waals surface area contributed by atoms with E-state index in [4.69, 9.17) is 5.73 Å². The van der Waals surface area contributed by atoms with Crippen molar-refractivity contribution in [3.8, 4) is 0 Å². The molecule has 0 aromatic carbocycles. The average Bonchev–Trinajstić information content (AvgIpc) is 2.38. The largest absolute Gasteiger partial charge is 0.368 e. The van der Waals surface area contributed by atoms with Crippen LogP contribution < -0.4 is 10.6 Å². The molecule has 0 unspecified atom stereocenters. The Labute approximate surface area is 113 Å². The lowest BCUT2D eigenvalue weighted by Gasteiger charge is -2.23. The minimum atomic E-state index is -0.459. The third-order valence-electron chi connectivity index (χ3n) is 2.83. The summed E-state index contributed by atoms with van der Waals surface area (Å²) < 4.78 is 0. The highest BCUT2D eigenvalue weighted by atomic mass is 16.6. The maximum Gasteiger partial charge on any atom is 0.329 e. The van der Waals surface area contributed by atoms with Gasteiger partial charge in [-0.2, -0.15) is 4.98 Å². The highest BCUT2D eigenvalue weighted by molar-refractivity contribution is 5.58. The molecular weight excluding hydrogens is 246 g/mol. The molecule has 1 aromatic rings. The maximum atomic E-state index is 11.0. The molecule has 19 heavy (non-hydrogen) atoms. The number of nitrogen functional groups attached to an aromatic ring is 1. The van der Waals surface area contributed by atoms with Crippen molar-refractivity contribution in [1.82, 2.24) is 9.97 Å². The van der Waals surface area contributed by atoms with Gasteiger partial charge in [0.1, 0.15) is 6.20 Å². The van der Waals surface area contributed by atoms with Gasteiger partial charge in [0, 0.05) is 13.1 Å². The Balaban J connectivity index is 3.03. The van der Waals surface area contributed by atoms with Crippen molar-refractivity contribution in [1.29, 1.82) is 0 Å². The molecule has 1 aromatic heterocycles. The van der Waals surface area contributed by atoms with Crippen LogP contribution in [0.25, 0.3) is 0 Å². The first-order chi connectivity index (χ1) is 9.10. The van der Waals surface area contributed by atoms with Crippen molar-refractivity contribution in [3.63, 3.8) is 0 Å². The van der Waals surface area contributed by atoms with Gasteiger partial charge < -0.3 is 10.6 Å². The highest BCUT2D eigenvalue weighted by Gasteiger charge is 2.21. The first-order valence-electron chi connectivity index (χ1n) is 6.62. The van der Waals surface area contributed by atoms with E-state index in [1.54, 1.807) is 0 Å². The number of anilines is 2. The third kappa shape index (κ3) is 4.35. The molecule has 1 heterocycles. The van der Waals surface area contributed by atoms with Crippen LogP contribution in [0.2, 0.25) is 0 Å². The smallest absolute Gasteiger partial charge is 0.329 e. The van der Waals surface area contributed by atoms with Crippen molar-refractivity contribution in [2.75, 3.05) is 23.7 Å². The van der Waals surface area contributed by atoms with Crippen LogP contribution >= 0.6 is 0 Å². The third-order valence-corrected chi connectivity index (χ3v) is 2.83. The van der Waals surface area contributed by atoms with Crippen LogP contribution in [0.3, 0.4) is 0 Å². The standard InChI is InChI=1S/C12H21N5O2/c1-3-5-7-16(8-6-4-2)11-10(17(18)19)9-14-12(13)15-11/h9H,3-8H2,1-2H3,(H2,13,14,15). The SMILES string of the molecule is CCCCN(CCCC)c1nc(N)ncc1[N+](=O)[O-]. The van der Waals surface area contributed by atoms with Crippen LogP contribution in [-0.4, -0.2) is 28.0 Å². The number of unbranched alkanes of at least 4 members (excludes halogenated alkanes) is 2. The van der Waals surface area contributed by atoms with Crippen LogP contribution in [-0.2, 0) is 0 Å². The van der Waals surface area contributed by atoms with Crippen LogP contribution in [0.5, 0.6) is 0 Å². The molecule has 0 fully saturated rings. The van der Waals surface area contributed by atoms with E-state index in [-0.39, 0.29) is 11.6 Å². The molecule has 0 aliphatic rings. The predicted octanol–water partition coefficient (Wildman–Crippen LogP) is 2.37. The van der Waals surface area contributed by atoms with Crippen LogP contribution in [0.4, 0.5) is 17.5 Å². The molecule has 2 N–H and O–H groups in total. The lowest BCUT2D eigenvalue weighted by molar-refractivity contribution is -0.384. The molecule has 0 saturated carbocycles. The van der Waals surface area contributed by atoms with Gasteiger partial charge in [-0.3, -0.25) is 10.1 Å². The summed E-state index contributed by atoms with van der Waals surface area (Å²) in [7, 11) is 0. The van der Waals surface area contributed by atoms with E-state index in [0.29, 0.717) is 5.82 Å². The van der Waals surface area contributed by atoms with Crippen LogP contribution in [0, 0.1) is 10.1 Å². The molecule has 0 saturated heterocycles. The predicted molar refractivity (Wildman–Crippen MR) is 75.1 cm³/mol. The summed E-state index contributed by atoms with van der Waals surface area (Å²) >= 11 is 0. The first kappa shape index (κ1) is 15.1. The van der Waals surface area contributed by atoms with Gasteiger partial charge in [0.15, 0.2) is 0 Å². The Morgan fingerprint density at radius 3 is 2.37 bits per heavy atom. The van der Waals surface area contributed by atoms with E-state index < -0.39 is 4.92 Å². The highest BCUT2D eigenvalue weighted by Crippen LogP contribution is 2.26. The zero-order valence-corrected chi connectivity index (χ0v) is 11.5. The monoisotopic (exact) mass is 267 g/mol. The van der Waals surface area contributed by atoms with Gasteiger partial charge in [0.05, 0.1) is 4.92 Å². The van der Waals surface area contributed by atoms with E-state index in [1.807, 2.05) is 4.90 Å². The summed E-state index contributed by atoms with van der Waals surface area (Å²) in [6, 6.07) is 0. The quantitative estimate of drug-likeness (QED) is 0.573. The van der Waals surface area contributed by atoms with Crippen molar-refractivity contribution >= 4 is 17.5 Å². The minimum absolute atomic E-state index is 0.0681. The molecular formula is C12H21N5O2. The lowest BCUT2D eigenvalue weighted by Crippen LogP contribution is -2.27. The number of rotatable bonds is 8. The number of hydrogen-bond donors (Lipinski definition) is 1. The Kier molecular flexibility index (Phi) is 5.98. The van der Waals surface area contributed by atoms with Gasteiger partial charge in [-0.1, -0.05) is 26.7 Å². The van der Waals surface area contributed by atoms with Crippen molar-refractivity contribution < 1.29 is 4.92 Å². The van der Waals surface area contributed by atoms with E-state index in [1.165, 1.54) is 6.20 Å². The maximum absolute atomic E-state index is 11.0. The van der Waals surface area contributed by atoms with Crippen LogP contribution in [0.15, 0.2) is 6.20 Å². The average molecular weight is 267 g/mol. The van der Waals surface area contributed by atoms with E-state index in [2.05, 4.69) is 23.8 Å². The van der Waals surface area contributed by atoms with Gasteiger partial charge >= 0.3 is 5.69 Å². The number of hydrogen-bond acceptors (Lipinski definition) is 6. The fraction of sp³-hybridized carbons (Fsp3) is 0.667. The van der Waals surface area contributed by atoms with Gasteiger partial charge in [-0.15, -0.1) is 0 Å². The summed E-state index contributed by atoms with van der Waals surface area (Å²) in [5, 5.41) is 11.0. The van der Waals surface area contributed by atoms with Crippen molar-refractivity contribution in [2.45, 2.75) is 39.5 Å². The topological polar surface area (TPSA) is 98.2 Å². The van der Waals surface area contributed by atoms with Gasteiger partial charge in [0.25, 0.3) is 0 Å².